The van der Waals surface area contributed by atoms with E-state index in [0.29, 0.717) is 5.69 Å². The highest BCUT2D eigenvalue weighted by Gasteiger charge is 2.05. The lowest BCUT2D eigenvalue weighted by atomic mass is 10.1. The van der Waals surface area contributed by atoms with Gasteiger partial charge in [0.05, 0.1) is 5.52 Å². The average molecular weight is 279 g/mol. The molecule has 0 radical (unpaired) electrons. The fourth-order valence-corrected chi connectivity index (χ4v) is 2.97. The van der Waals surface area contributed by atoms with Crippen LogP contribution in [0.5, 0.6) is 0 Å². The molecule has 0 saturated carbocycles. The van der Waals surface area contributed by atoms with Gasteiger partial charge >= 0.3 is 0 Å². The number of para-hydroxylation sites is 1. The van der Waals surface area contributed by atoms with E-state index in [4.69, 9.17) is 5.26 Å². The number of hydrogen-bond donors (Lipinski definition) is 1. The number of aromatic nitrogens is 1. The van der Waals surface area contributed by atoms with Gasteiger partial charge in [0.2, 0.25) is 0 Å². The number of anilines is 1. The van der Waals surface area contributed by atoms with Crippen LogP contribution in [0.4, 0.5) is 5.69 Å². The summed E-state index contributed by atoms with van der Waals surface area (Å²) in [6, 6.07) is 16.0. The molecule has 0 spiro atoms. The third kappa shape index (κ3) is 2.49. The molecular formula is C16H13N3S. The van der Waals surface area contributed by atoms with Crippen molar-refractivity contribution in [3.05, 3.63) is 57.9 Å². The molecule has 0 saturated heterocycles. The van der Waals surface area contributed by atoms with Crippen LogP contribution in [0.25, 0.3) is 10.9 Å². The monoisotopic (exact) mass is 279 g/mol. The first kappa shape index (κ1) is 12.6. The van der Waals surface area contributed by atoms with Crippen molar-refractivity contribution in [1.29, 1.82) is 5.26 Å². The highest BCUT2D eigenvalue weighted by Crippen LogP contribution is 2.24. The topological polar surface area (TPSA) is 48.7 Å². The van der Waals surface area contributed by atoms with Crippen molar-refractivity contribution in [2.24, 2.45) is 0 Å². The van der Waals surface area contributed by atoms with E-state index in [9.17, 15) is 0 Å². The van der Waals surface area contributed by atoms with Crippen molar-refractivity contribution >= 4 is 27.9 Å². The number of rotatable bonds is 3. The van der Waals surface area contributed by atoms with E-state index in [-0.39, 0.29) is 0 Å². The minimum Gasteiger partial charge on any atom is -0.380 e. The standard InChI is InChI=1S/C16H13N3S/c1-11-6-7-13(20-11)10-18-16-8-12(9-17)19-15-5-3-2-4-14(15)16/h2-8H,10H2,1H3,(H,18,19). The van der Waals surface area contributed by atoms with Gasteiger partial charge < -0.3 is 5.32 Å². The Morgan fingerprint density at radius 3 is 2.85 bits per heavy atom. The first-order valence-corrected chi connectivity index (χ1v) is 7.17. The van der Waals surface area contributed by atoms with Crippen LogP contribution in [-0.4, -0.2) is 4.98 Å². The first-order valence-electron chi connectivity index (χ1n) is 6.35. The van der Waals surface area contributed by atoms with E-state index in [1.54, 1.807) is 11.3 Å². The van der Waals surface area contributed by atoms with Crippen LogP contribution in [0.15, 0.2) is 42.5 Å². The zero-order valence-electron chi connectivity index (χ0n) is 11.1. The third-order valence-corrected chi connectivity index (χ3v) is 4.08. The quantitative estimate of drug-likeness (QED) is 0.785. The fourth-order valence-electron chi connectivity index (χ4n) is 2.14. The van der Waals surface area contributed by atoms with Gasteiger partial charge in [0.15, 0.2) is 0 Å². The Morgan fingerprint density at radius 2 is 2.10 bits per heavy atom. The summed E-state index contributed by atoms with van der Waals surface area (Å²) >= 11 is 1.78. The second kappa shape index (κ2) is 5.32. The molecular weight excluding hydrogens is 266 g/mol. The van der Waals surface area contributed by atoms with Crippen LogP contribution >= 0.6 is 11.3 Å². The molecule has 3 aromatic rings. The Labute approximate surface area is 121 Å². The summed E-state index contributed by atoms with van der Waals surface area (Å²) in [7, 11) is 0. The molecule has 0 fully saturated rings. The highest BCUT2D eigenvalue weighted by molar-refractivity contribution is 7.11. The minimum atomic E-state index is 0.438. The van der Waals surface area contributed by atoms with Crippen molar-refractivity contribution in [3.63, 3.8) is 0 Å². The van der Waals surface area contributed by atoms with Gasteiger partial charge in [-0.1, -0.05) is 18.2 Å². The van der Waals surface area contributed by atoms with E-state index in [1.165, 1.54) is 9.75 Å². The van der Waals surface area contributed by atoms with Crippen LogP contribution in [0.3, 0.4) is 0 Å². The molecule has 3 nitrogen and oxygen atoms in total. The maximum absolute atomic E-state index is 9.07. The Hall–Kier alpha value is -2.38. The normalized spacial score (nSPS) is 10.4. The largest absolute Gasteiger partial charge is 0.380 e. The number of fused-ring (bicyclic) bond motifs is 1. The first-order chi connectivity index (χ1) is 9.76. The average Bonchev–Trinajstić information content (AvgIpc) is 2.90. The summed E-state index contributed by atoms with van der Waals surface area (Å²) in [5.74, 6) is 0. The summed E-state index contributed by atoms with van der Waals surface area (Å²) in [4.78, 5) is 6.90. The molecule has 20 heavy (non-hydrogen) atoms. The molecule has 98 valence electrons. The zero-order chi connectivity index (χ0) is 13.9. The predicted molar refractivity (Wildman–Crippen MR) is 82.8 cm³/mol. The minimum absolute atomic E-state index is 0.438. The van der Waals surface area contributed by atoms with Crippen molar-refractivity contribution in [2.45, 2.75) is 13.5 Å². The summed E-state index contributed by atoms with van der Waals surface area (Å²) in [6.07, 6.45) is 0. The van der Waals surface area contributed by atoms with Crippen molar-refractivity contribution < 1.29 is 0 Å². The second-order valence-corrected chi connectivity index (χ2v) is 5.92. The molecule has 0 aliphatic carbocycles. The van der Waals surface area contributed by atoms with Crippen molar-refractivity contribution in [3.8, 4) is 6.07 Å². The summed E-state index contributed by atoms with van der Waals surface area (Å²) in [5, 5.41) is 13.5. The number of hydrogen-bond acceptors (Lipinski definition) is 4. The molecule has 2 heterocycles. The molecule has 0 amide bonds. The van der Waals surface area contributed by atoms with Gasteiger partial charge in [-0.3, -0.25) is 0 Å². The van der Waals surface area contributed by atoms with Gasteiger partial charge in [0.1, 0.15) is 11.8 Å². The fraction of sp³-hybridized carbons (Fsp3) is 0.125. The van der Waals surface area contributed by atoms with Gasteiger partial charge in [-0.05, 0) is 31.2 Å². The lowest BCUT2D eigenvalue weighted by Gasteiger charge is -2.09. The Morgan fingerprint density at radius 1 is 1.25 bits per heavy atom. The van der Waals surface area contributed by atoms with Crippen molar-refractivity contribution in [2.75, 3.05) is 5.32 Å². The van der Waals surface area contributed by atoms with Crippen LogP contribution in [0, 0.1) is 18.3 Å². The Kier molecular flexibility index (Phi) is 3.36. The van der Waals surface area contributed by atoms with E-state index in [0.717, 1.165) is 23.1 Å². The van der Waals surface area contributed by atoms with E-state index < -0.39 is 0 Å². The highest BCUT2D eigenvalue weighted by atomic mass is 32.1. The SMILES string of the molecule is Cc1ccc(CNc2cc(C#N)nc3ccccc23)s1. The number of thiophene rings is 1. The van der Waals surface area contributed by atoms with Crippen LogP contribution in [0.1, 0.15) is 15.4 Å². The molecule has 1 N–H and O–H groups in total. The number of nitriles is 1. The van der Waals surface area contributed by atoms with E-state index in [1.807, 2.05) is 30.3 Å². The number of nitrogens with zero attached hydrogens (tertiary/aromatic N) is 2. The van der Waals surface area contributed by atoms with E-state index in [2.05, 4.69) is 35.4 Å². The number of pyridine rings is 1. The number of benzene rings is 1. The van der Waals surface area contributed by atoms with Crippen LogP contribution in [-0.2, 0) is 6.54 Å². The molecule has 4 heteroatoms. The molecule has 0 bridgehead atoms. The summed E-state index contributed by atoms with van der Waals surface area (Å²) < 4.78 is 0. The predicted octanol–water partition coefficient (Wildman–Crippen LogP) is 4.09. The number of nitrogens with one attached hydrogen (secondary N) is 1. The molecule has 0 aliphatic rings. The molecule has 3 rings (SSSR count). The van der Waals surface area contributed by atoms with E-state index >= 15 is 0 Å². The van der Waals surface area contributed by atoms with Crippen molar-refractivity contribution in [1.82, 2.24) is 4.98 Å². The maximum atomic E-state index is 9.07. The lowest BCUT2D eigenvalue weighted by molar-refractivity contribution is 1.19. The molecule has 0 atom stereocenters. The molecule has 0 aliphatic heterocycles. The smallest absolute Gasteiger partial charge is 0.143 e. The second-order valence-electron chi connectivity index (χ2n) is 4.55. The summed E-state index contributed by atoms with van der Waals surface area (Å²) in [6.45, 7) is 2.86. The van der Waals surface area contributed by atoms with Gasteiger partial charge in [0.25, 0.3) is 0 Å². The lowest BCUT2D eigenvalue weighted by Crippen LogP contribution is -2.00. The molecule has 2 aromatic heterocycles. The summed E-state index contributed by atoms with van der Waals surface area (Å²) in [5.41, 5.74) is 2.24. The third-order valence-electron chi connectivity index (χ3n) is 3.08. The zero-order valence-corrected chi connectivity index (χ0v) is 11.9. The maximum Gasteiger partial charge on any atom is 0.143 e. The van der Waals surface area contributed by atoms with Gasteiger partial charge in [-0.25, -0.2) is 4.98 Å². The Balaban J connectivity index is 1.95. The van der Waals surface area contributed by atoms with Gasteiger partial charge in [-0.2, -0.15) is 5.26 Å². The van der Waals surface area contributed by atoms with Crippen LogP contribution in [0.2, 0.25) is 0 Å². The van der Waals surface area contributed by atoms with Gasteiger partial charge in [-0.15, -0.1) is 11.3 Å². The van der Waals surface area contributed by atoms with Crippen LogP contribution < -0.4 is 5.32 Å². The number of aryl methyl sites for hydroxylation is 1. The molecule has 0 unspecified atom stereocenters. The van der Waals surface area contributed by atoms with Gasteiger partial charge in [0, 0.05) is 27.4 Å². The Bertz CT molecular complexity index is 799. The molecule has 1 aromatic carbocycles.